The molecular weight excluding hydrogens is 266 g/mol. The minimum Gasteiger partial charge on any atom is -0.373 e. The number of ether oxygens (including phenoxy) is 1. The molecule has 20 heavy (non-hydrogen) atoms. The van der Waals surface area contributed by atoms with Gasteiger partial charge in [-0.25, -0.2) is 8.78 Å². The summed E-state index contributed by atoms with van der Waals surface area (Å²) in [5, 5.41) is 2.96. The number of nitrogens with zero attached hydrogens (tertiary/aromatic N) is 1. The van der Waals surface area contributed by atoms with Gasteiger partial charge in [-0.15, -0.1) is 0 Å². The van der Waals surface area contributed by atoms with Crippen molar-refractivity contribution in [3.8, 4) is 0 Å². The van der Waals surface area contributed by atoms with Crippen molar-refractivity contribution >= 4 is 5.91 Å². The number of aryl methyl sites for hydroxylation is 1. The SMILES string of the molecule is CNCC1CN(C(=O)c2c(F)ccc(C)c2F)CCO1. The van der Waals surface area contributed by atoms with Crippen LogP contribution in [-0.4, -0.2) is 50.2 Å². The highest BCUT2D eigenvalue weighted by atomic mass is 19.1. The summed E-state index contributed by atoms with van der Waals surface area (Å²) in [6.45, 7) is 3.13. The summed E-state index contributed by atoms with van der Waals surface area (Å²) < 4.78 is 33.2. The monoisotopic (exact) mass is 284 g/mol. The molecule has 1 aromatic carbocycles. The van der Waals surface area contributed by atoms with Crippen LogP contribution in [0.3, 0.4) is 0 Å². The zero-order chi connectivity index (χ0) is 14.7. The Morgan fingerprint density at radius 1 is 1.50 bits per heavy atom. The van der Waals surface area contributed by atoms with E-state index in [-0.39, 0.29) is 11.7 Å². The van der Waals surface area contributed by atoms with Gasteiger partial charge in [-0.3, -0.25) is 4.79 Å². The second kappa shape index (κ2) is 6.28. The number of morpholine rings is 1. The lowest BCUT2D eigenvalue weighted by Crippen LogP contribution is -2.49. The van der Waals surface area contributed by atoms with E-state index in [4.69, 9.17) is 4.74 Å². The standard InChI is InChI=1S/C14H18F2N2O2/c1-9-3-4-11(15)12(13(9)16)14(19)18-5-6-20-10(8-18)7-17-2/h3-4,10,17H,5-8H2,1-2H3. The van der Waals surface area contributed by atoms with Crippen molar-refractivity contribution in [1.29, 1.82) is 0 Å². The number of benzene rings is 1. The molecule has 1 amide bonds. The number of rotatable bonds is 3. The molecule has 1 N–H and O–H groups in total. The van der Waals surface area contributed by atoms with Crippen molar-refractivity contribution in [1.82, 2.24) is 10.2 Å². The third kappa shape index (κ3) is 2.96. The molecule has 2 rings (SSSR count). The fourth-order valence-corrected chi connectivity index (χ4v) is 2.27. The van der Waals surface area contributed by atoms with Crippen LogP contribution >= 0.6 is 0 Å². The molecule has 1 aliphatic rings. The molecule has 0 spiro atoms. The van der Waals surface area contributed by atoms with Gasteiger partial charge in [0.1, 0.15) is 17.2 Å². The van der Waals surface area contributed by atoms with Gasteiger partial charge in [-0.05, 0) is 25.6 Å². The van der Waals surface area contributed by atoms with E-state index < -0.39 is 23.1 Å². The van der Waals surface area contributed by atoms with E-state index in [2.05, 4.69) is 5.32 Å². The van der Waals surface area contributed by atoms with E-state index in [1.807, 2.05) is 0 Å². The Balaban J connectivity index is 2.21. The molecule has 1 saturated heterocycles. The van der Waals surface area contributed by atoms with Gasteiger partial charge < -0.3 is 15.0 Å². The van der Waals surface area contributed by atoms with Crippen LogP contribution in [0.15, 0.2) is 12.1 Å². The smallest absolute Gasteiger partial charge is 0.260 e. The summed E-state index contributed by atoms with van der Waals surface area (Å²) in [5.41, 5.74) is -0.218. The summed E-state index contributed by atoms with van der Waals surface area (Å²) in [7, 11) is 1.78. The van der Waals surface area contributed by atoms with Crippen LogP contribution in [0.25, 0.3) is 0 Å². The summed E-state index contributed by atoms with van der Waals surface area (Å²) in [4.78, 5) is 13.8. The maximum atomic E-state index is 14.0. The molecule has 1 atom stereocenters. The van der Waals surface area contributed by atoms with Crippen LogP contribution < -0.4 is 5.32 Å². The van der Waals surface area contributed by atoms with E-state index in [0.717, 1.165) is 6.07 Å². The molecule has 1 fully saturated rings. The van der Waals surface area contributed by atoms with E-state index in [0.29, 0.717) is 26.2 Å². The van der Waals surface area contributed by atoms with Crippen LogP contribution in [0.1, 0.15) is 15.9 Å². The summed E-state index contributed by atoms with van der Waals surface area (Å²) >= 11 is 0. The van der Waals surface area contributed by atoms with Crippen molar-refractivity contribution in [3.05, 3.63) is 34.9 Å². The summed E-state index contributed by atoms with van der Waals surface area (Å²) in [5.74, 6) is -2.23. The first kappa shape index (κ1) is 14.9. The topological polar surface area (TPSA) is 41.6 Å². The number of amides is 1. The predicted molar refractivity (Wildman–Crippen MR) is 70.7 cm³/mol. The summed E-state index contributed by atoms with van der Waals surface area (Å²) in [6, 6.07) is 2.45. The number of carbonyl (C=O) groups excluding carboxylic acids is 1. The molecular formula is C14H18F2N2O2. The van der Waals surface area contributed by atoms with Gasteiger partial charge in [0.25, 0.3) is 5.91 Å². The van der Waals surface area contributed by atoms with E-state index >= 15 is 0 Å². The fraction of sp³-hybridized carbons (Fsp3) is 0.500. The van der Waals surface area contributed by atoms with Gasteiger partial charge in [0.2, 0.25) is 0 Å². The van der Waals surface area contributed by atoms with Crippen molar-refractivity contribution < 1.29 is 18.3 Å². The van der Waals surface area contributed by atoms with Crippen LogP contribution in [0.2, 0.25) is 0 Å². The first-order valence-corrected chi connectivity index (χ1v) is 6.54. The van der Waals surface area contributed by atoms with Gasteiger partial charge in [0.05, 0.1) is 12.7 Å². The number of nitrogens with one attached hydrogen (secondary N) is 1. The average molecular weight is 284 g/mol. The van der Waals surface area contributed by atoms with Crippen LogP contribution in [0.4, 0.5) is 8.78 Å². The van der Waals surface area contributed by atoms with Gasteiger partial charge >= 0.3 is 0 Å². The van der Waals surface area contributed by atoms with Crippen LogP contribution in [-0.2, 0) is 4.74 Å². The summed E-state index contributed by atoms with van der Waals surface area (Å²) in [6.07, 6.45) is -0.159. The van der Waals surface area contributed by atoms with E-state index in [9.17, 15) is 13.6 Å². The highest BCUT2D eigenvalue weighted by molar-refractivity contribution is 5.95. The molecule has 0 saturated carbocycles. The van der Waals surface area contributed by atoms with E-state index in [1.165, 1.54) is 17.9 Å². The Kier molecular flexibility index (Phi) is 4.67. The Bertz CT molecular complexity index is 506. The second-order valence-electron chi connectivity index (χ2n) is 4.85. The second-order valence-corrected chi connectivity index (χ2v) is 4.85. The molecule has 0 bridgehead atoms. The van der Waals surface area contributed by atoms with Gasteiger partial charge in [-0.2, -0.15) is 0 Å². The zero-order valence-electron chi connectivity index (χ0n) is 11.6. The third-order valence-electron chi connectivity index (χ3n) is 3.36. The molecule has 1 aromatic rings. The molecule has 1 unspecified atom stereocenters. The molecule has 1 aliphatic heterocycles. The van der Waals surface area contributed by atoms with Crippen molar-refractivity contribution in [3.63, 3.8) is 0 Å². The number of hydrogen-bond acceptors (Lipinski definition) is 3. The molecule has 6 heteroatoms. The van der Waals surface area contributed by atoms with E-state index in [1.54, 1.807) is 7.05 Å². The Labute approximate surface area is 116 Å². The molecule has 110 valence electrons. The lowest BCUT2D eigenvalue weighted by atomic mass is 10.1. The van der Waals surface area contributed by atoms with Crippen molar-refractivity contribution in [2.24, 2.45) is 0 Å². The Hall–Kier alpha value is -1.53. The zero-order valence-corrected chi connectivity index (χ0v) is 11.6. The third-order valence-corrected chi connectivity index (χ3v) is 3.36. The highest BCUT2D eigenvalue weighted by Crippen LogP contribution is 2.19. The minimum atomic E-state index is -0.824. The Morgan fingerprint density at radius 3 is 2.95 bits per heavy atom. The highest BCUT2D eigenvalue weighted by Gasteiger charge is 2.28. The largest absolute Gasteiger partial charge is 0.373 e. The van der Waals surface area contributed by atoms with Gasteiger partial charge in [-0.1, -0.05) is 6.07 Å². The van der Waals surface area contributed by atoms with Gasteiger partial charge in [0, 0.05) is 19.6 Å². The molecule has 4 nitrogen and oxygen atoms in total. The van der Waals surface area contributed by atoms with Crippen molar-refractivity contribution in [2.75, 3.05) is 33.3 Å². The first-order chi connectivity index (χ1) is 9.54. The molecule has 0 aliphatic carbocycles. The number of likely N-dealkylation sites (N-methyl/N-ethyl adjacent to an activating group) is 1. The van der Waals surface area contributed by atoms with Crippen LogP contribution in [0, 0.1) is 18.6 Å². The number of hydrogen-bond donors (Lipinski definition) is 1. The predicted octanol–water partition coefficient (Wildman–Crippen LogP) is 1.33. The molecule has 0 radical (unpaired) electrons. The lowest BCUT2D eigenvalue weighted by molar-refractivity contribution is -0.0199. The Morgan fingerprint density at radius 2 is 2.25 bits per heavy atom. The molecule has 1 heterocycles. The van der Waals surface area contributed by atoms with Crippen molar-refractivity contribution in [2.45, 2.75) is 13.0 Å². The first-order valence-electron chi connectivity index (χ1n) is 6.54. The number of carbonyl (C=O) groups is 1. The molecule has 0 aromatic heterocycles. The normalized spacial score (nSPS) is 19.2. The average Bonchev–Trinajstić information content (AvgIpc) is 2.44. The lowest BCUT2D eigenvalue weighted by Gasteiger charge is -2.33. The maximum Gasteiger partial charge on any atom is 0.260 e. The number of halogens is 2. The quantitative estimate of drug-likeness (QED) is 0.910. The van der Waals surface area contributed by atoms with Crippen LogP contribution in [0.5, 0.6) is 0 Å². The maximum absolute atomic E-state index is 14.0. The fourth-order valence-electron chi connectivity index (χ4n) is 2.27. The van der Waals surface area contributed by atoms with Gasteiger partial charge in [0.15, 0.2) is 0 Å². The minimum absolute atomic E-state index is 0.159.